The Bertz CT molecular complexity index is 320. The highest BCUT2D eigenvalue weighted by molar-refractivity contribution is 6.16. The van der Waals surface area contributed by atoms with Gasteiger partial charge in [0.05, 0.1) is 5.88 Å². The van der Waals surface area contributed by atoms with Gasteiger partial charge in [0.2, 0.25) is 0 Å². The van der Waals surface area contributed by atoms with E-state index in [9.17, 15) is 0 Å². The van der Waals surface area contributed by atoms with Gasteiger partial charge in [0.15, 0.2) is 5.82 Å². The topological polar surface area (TPSA) is 39.9 Å². The van der Waals surface area contributed by atoms with E-state index in [1.54, 1.807) is 0 Å². The van der Waals surface area contributed by atoms with Gasteiger partial charge in [-0.3, -0.25) is 0 Å². The maximum Gasteiger partial charge on any atom is 0.162 e. The van der Waals surface area contributed by atoms with Crippen molar-refractivity contribution in [1.82, 2.24) is 14.8 Å². The first-order valence-electron chi connectivity index (χ1n) is 5.46. The van der Waals surface area contributed by atoms with Crippen molar-refractivity contribution in [1.29, 1.82) is 0 Å². The lowest BCUT2D eigenvalue weighted by molar-refractivity contribution is 0.101. The van der Waals surface area contributed by atoms with Gasteiger partial charge in [0.25, 0.3) is 0 Å². The monoisotopic (exact) mass is 229 g/mol. The van der Waals surface area contributed by atoms with Gasteiger partial charge < -0.3 is 9.30 Å². The summed E-state index contributed by atoms with van der Waals surface area (Å²) in [5.41, 5.74) is 0. The van der Waals surface area contributed by atoms with Crippen molar-refractivity contribution in [3.8, 4) is 0 Å². The Hall–Kier alpha value is -0.610. The third-order valence-corrected chi connectivity index (χ3v) is 2.88. The molecule has 1 fully saturated rings. The van der Waals surface area contributed by atoms with Gasteiger partial charge in [-0.2, -0.15) is 0 Å². The number of alkyl halides is 1. The quantitative estimate of drug-likeness (QED) is 0.744. The van der Waals surface area contributed by atoms with Crippen LogP contribution in [0.5, 0.6) is 0 Å². The molecular weight excluding hydrogens is 214 g/mol. The maximum absolute atomic E-state index is 5.82. The molecule has 4 nitrogen and oxygen atoms in total. The highest BCUT2D eigenvalue weighted by Gasteiger charge is 2.24. The number of rotatable bonds is 4. The molecular formula is C10H16ClN3O. The van der Waals surface area contributed by atoms with Gasteiger partial charge in [-0.05, 0) is 19.3 Å². The van der Waals surface area contributed by atoms with Crippen LogP contribution in [0.4, 0.5) is 0 Å². The van der Waals surface area contributed by atoms with Crippen LogP contribution in [0.3, 0.4) is 0 Å². The van der Waals surface area contributed by atoms with Crippen molar-refractivity contribution in [3.63, 3.8) is 0 Å². The summed E-state index contributed by atoms with van der Waals surface area (Å²) in [6.07, 6.45) is 3.34. The van der Waals surface area contributed by atoms with Gasteiger partial charge in [-0.25, -0.2) is 0 Å². The summed E-state index contributed by atoms with van der Waals surface area (Å²) in [6.45, 7) is 3.89. The van der Waals surface area contributed by atoms with Crippen molar-refractivity contribution >= 4 is 11.6 Å². The van der Waals surface area contributed by atoms with Crippen LogP contribution in [-0.4, -0.2) is 21.4 Å². The highest BCUT2D eigenvalue weighted by Crippen LogP contribution is 2.27. The molecule has 1 aliphatic heterocycles. The number of halogens is 1. The molecule has 0 bridgehead atoms. The lowest BCUT2D eigenvalue weighted by atomic mass is 10.2. The summed E-state index contributed by atoms with van der Waals surface area (Å²) in [6, 6.07) is 0. The van der Waals surface area contributed by atoms with Crippen molar-refractivity contribution in [2.45, 2.75) is 44.7 Å². The van der Waals surface area contributed by atoms with Crippen molar-refractivity contribution < 1.29 is 4.74 Å². The van der Waals surface area contributed by atoms with E-state index in [4.69, 9.17) is 16.3 Å². The van der Waals surface area contributed by atoms with E-state index in [1.165, 1.54) is 0 Å². The average molecular weight is 230 g/mol. The summed E-state index contributed by atoms with van der Waals surface area (Å²) in [5, 5.41) is 8.29. The molecule has 1 aromatic rings. The molecule has 2 heterocycles. The molecule has 0 radical (unpaired) electrons. The number of ether oxygens (including phenoxy) is 1. The van der Waals surface area contributed by atoms with Crippen molar-refractivity contribution in [3.05, 3.63) is 11.6 Å². The van der Waals surface area contributed by atoms with Crippen LogP contribution in [0.2, 0.25) is 0 Å². The molecule has 1 saturated heterocycles. The fraction of sp³-hybridized carbons (Fsp3) is 0.800. The van der Waals surface area contributed by atoms with E-state index < -0.39 is 0 Å². The predicted molar refractivity (Wildman–Crippen MR) is 57.8 cm³/mol. The number of hydrogen-bond acceptors (Lipinski definition) is 3. The molecule has 1 atom stereocenters. The molecule has 0 spiro atoms. The number of nitrogens with zero attached hydrogens (tertiary/aromatic N) is 3. The fourth-order valence-electron chi connectivity index (χ4n) is 1.93. The van der Waals surface area contributed by atoms with E-state index in [1.807, 2.05) is 0 Å². The Morgan fingerprint density at radius 2 is 2.40 bits per heavy atom. The standard InChI is InChI=1S/C10H16ClN3O/c1-2-5-14-9(7-11)12-13-10(14)8-4-3-6-15-8/h8H,2-7H2,1H3. The zero-order valence-corrected chi connectivity index (χ0v) is 9.70. The van der Waals surface area contributed by atoms with Crippen LogP contribution in [-0.2, 0) is 17.2 Å². The van der Waals surface area contributed by atoms with Crippen LogP contribution >= 0.6 is 11.6 Å². The van der Waals surface area contributed by atoms with Crippen LogP contribution in [0.1, 0.15) is 43.9 Å². The Labute approximate surface area is 94.6 Å². The van der Waals surface area contributed by atoms with Crippen LogP contribution < -0.4 is 0 Å². The fourth-order valence-corrected chi connectivity index (χ4v) is 2.13. The molecule has 0 amide bonds. The van der Waals surface area contributed by atoms with Gasteiger partial charge >= 0.3 is 0 Å². The average Bonchev–Trinajstić information content (AvgIpc) is 2.85. The first-order valence-corrected chi connectivity index (χ1v) is 5.99. The first-order chi connectivity index (χ1) is 7.36. The zero-order valence-electron chi connectivity index (χ0n) is 8.95. The second-order valence-corrected chi connectivity index (χ2v) is 4.03. The Morgan fingerprint density at radius 1 is 1.53 bits per heavy atom. The smallest absolute Gasteiger partial charge is 0.162 e. The second kappa shape index (κ2) is 4.94. The minimum absolute atomic E-state index is 0.126. The van der Waals surface area contributed by atoms with Crippen LogP contribution in [0.15, 0.2) is 0 Å². The zero-order chi connectivity index (χ0) is 10.7. The van der Waals surface area contributed by atoms with Crippen LogP contribution in [0.25, 0.3) is 0 Å². The second-order valence-electron chi connectivity index (χ2n) is 3.76. The molecule has 1 aromatic heterocycles. The minimum Gasteiger partial charge on any atom is -0.370 e. The van der Waals surface area contributed by atoms with Crippen molar-refractivity contribution in [2.75, 3.05) is 6.61 Å². The molecule has 2 rings (SSSR count). The maximum atomic E-state index is 5.82. The summed E-state index contributed by atoms with van der Waals surface area (Å²) in [7, 11) is 0. The first kappa shape index (κ1) is 10.9. The van der Waals surface area contributed by atoms with E-state index in [0.29, 0.717) is 5.88 Å². The van der Waals surface area contributed by atoms with E-state index in [-0.39, 0.29) is 6.10 Å². The van der Waals surface area contributed by atoms with Crippen molar-refractivity contribution in [2.24, 2.45) is 0 Å². The lowest BCUT2D eigenvalue weighted by Gasteiger charge is -2.11. The summed E-state index contributed by atoms with van der Waals surface area (Å²) < 4.78 is 7.72. The molecule has 15 heavy (non-hydrogen) atoms. The third kappa shape index (κ3) is 2.16. The summed E-state index contributed by atoms with van der Waals surface area (Å²) >= 11 is 5.82. The minimum atomic E-state index is 0.126. The molecule has 1 aliphatic rings. The molecule has 84 valence electrons. The molecule has 0 saturated carbocycles. The Balaban J connectivity index is 2.24. The third-order valence-electron chi connectivity index (χ3n) is 2.64. The van der Waals surface area contributed by atoms with Gasteiger partial charge in [-0.15, -0.1) is 21.8 Å². The van der Waals surface area contributed by atoms with E-state index >= 15 is 0 Å². The lowest BCUT2D eigenvalue weighted by Crippen LogP contribution is -2.10. The molecule has 0 N–H and O–H groups in total. The Morgan fingerprint density at radius 3 is 3.00 bits per heavy atom. The molecule has 5 heteroatoms. The number of aromatic nitrogens is 3. The normalized spacial score (nSPS) is 21.1. The molecule has 0 aliphatic carbocycles. The Kier molecular flexibility index (Phi) is 3.59. The number of hydrogen-bond donors (Lipinski definition) is 0. The predicted octanol–water partition coefficient (Wildman–Crippen LogP) is 2.28. The van der Waals surface area contributed by atoms with E-state index in [2.05, 4.69) is 21.7 Å². The van der Waals surface area contributed by atoms with Gasteiger partial charge in [0, 0.05) is 13.2 Å². The summed E-state index contributed by atoms with van der Waals surface area (Å²) in [5.74, 6) is 2.22. The highest BCUT2D eigenvalue weighted by atomic mass is 35.5. The summed E-state index contributed by atoms with van der Waals surface area (Å²) in [4.78, 5) is 0. The largest absolute Gasteiger partial charge is 0.370 e. The van der Waals surface area contributed by atoms with E-state index in [0.717, 1.165) is 44.1 Å². The van der Waals surface area contributed by atoms with Gasteiger partial charge in [0.1, 0.15) is 11.9 Å². The molecule has 0 aromatic carbocycles. The van der Waals surface area contributed by atoms with Gasteiger partial charge in [-0.1, -0.05) is 6.92 Å². The van der Waals surface area contributed by atoms with Crippen LogP contribution in [0, 0.1) is 0 Å². The molecule has 1 unspecified atom stereocenters. The SMILES string of the molecule is CCCn1c(CCl)nnc1C1CCCO1.